The van der Waals surface area contributed by atoms with Gasteiger partial charge in [0.2, 0.25) is 0 Å². The number of benzene rings is 1. The van der Waals surface area contributed by atoms with E-state index in [0.29, 0.717) is 20.1 Å². The molecule has 0 aliphatic rings. The van der Waals surface area contributed by atoms with E-state index in [1.54, 1.807) is 32.1 Å². The zero-order chi connectivity index (χ0) is 15.2. The van der Waals surface area contributed by atoms with Crippen LogP contribution in [-0.2, 0) is 18.1 Å². The highest BCUT2D eigenvalue weighted by Crippen LogP contribution is 2.49. The van der Waals surface area contributed by atoms with Crippen molar-refractivity contribution in [2.45, 2.75) is 13.8 Å². The van der Waals surface area contributed by atoms with Crippen molar-refractivity contribution in [1.82, 2.24) is 0 Å². The van der Waals surface area contributed by atoms with Gasteiger partial charge in [0.15, 0.2) is 0 Å². The standard InChI is InChI=1S/C12H14BrCl2O4P/c1-3-17-20(16,18-4-2)19-8-7-9-5-6-10(14)11(13)12(9)15/h5-8H,3-4H2,1-2H3/b8-7+. The molecule has 20 heavy (non-hydrogen) atoms. The normalized spacial score (nSPS) is 12.1. The van der Waals surface area contributed by atoms with Crippen LogP contribution in [0.3, 0.4) is 0 Å². The van der Waals surface area contributed by atoms with Gasteiger partial charge in [-0.05, 0) is 47.5 Å². The van der Waals surface area contributed by atoms with Crippen LogP contribution in [0.2, 0.25) is 10.0 Å². The third kappa shape index (κ3) is 5.06. The summed E-state index contributed by atoms with van der Waals surface area (Å²) in [6, 6.07) is 3.39. The monoisotopic (exact) mass is 402 g/mol. The molecule has 0 aromatic heterocycles. The van der Waals surface area contributed by atoms with E-state index in [0.717, 1.165) is 0 Å². The van der Waals surface area contributed by atoms with Gasteiger partial charge in [0, 0.05) is 0 Å². The molecule has 0 aliphatic carbocycles. The summed E-state index contributed by atoms with van der Waals surface area (Å²) in [6.07, 6.45) is 2.78. The van der Waals surface area contributed by atoms with Gasteiger partial charge in [-0.1, -0.05) is 29.3 Å². The molecule has 112 valence electrons. The molecular weight excluding hydrogens is 390 g/mol. The highest BCUT2D eigenvalue weighted by molar-refractivity contribution is 9.10. The molecule has 0 unspecified atom stereocenters. The van der Waals surface area contributed by atoms with Crippen molar-refractivity contribution >= 4 is 53.0 Å². The number of phosphoric ester groups is 1. The molecule has 0 saturated carbocycles. The average Bonchev–Trinajstić information content (AvgIpc) is 2.39. The van der Waals surface area contributed by atoms with Gasteiger partial charge in [-0.2, -0.15) is 0 Å². The van der Waals surface area contributed by atoms with Gasteiger partial charge in [-0.3, -0.25) is 9.05 Å². The van der Waals surface area contributed by atoms with Crippen molar-refractivity contribution in [2.24, 2.45) is 0 Å². The Labute approximate surface area is 136 Å². The molecule has 1 aromatic rings. The van der Waals surface area contributed by atoms with E-state index >= 15 is 0 Å². The highest BCUT2D eigenvalue weighted by Gasteiger charge is 2.25. The molecular formula is C12H14BrCl2O4P. The summed E-state index contributed by atoms with van der Waals surface area (Å²) in [5.74, 6) is 0. The summed E-state index contributed by atoms with van der Waals surface area (Å²) in [7, 11) is -3.56. The van der Waals surface area contributed by atoms with Crippen molar-refractivity contribution in [1.29, 1.82) is 0 Å². The second kappa shape index (κ2) is 8.42. The van der Waals surface area contributed by atoms with Crippen molar-refractivity contribution < 1.29 is 18.1 Å². The van der Waals surface area contributed by atoms with E-state index in [9.17, 15) is 4.57 Å². The van der Waals surface area contributed by atoms with Gasteiger partial charge in [-0.15, -0.1) is 0 Å². The molecule has 0 N–H and O–H groups in total. The summed E-state index contributed by atoms with van der Waals surface area (Å²) in [5, 5.41) is 0.933. The van der Waals surface area contributed by atoms with E-state index in [1.807, 2.05) is 0 Å². The van der Waals surface area contributed by atoms with Crippen LogP contribution in [0.25, 0.3) is 6.08 Å². The zero-order valence-corrected chi connectivity index (χ0v) is 14.9. The Bertz CT molecular complexity index is 526. The second-order valence-corrected chi connectivity index (χ2v) is 6.66. The first-order valence-corrected chi connectivity index (χ1v) is 8.82. The fourth-order valence-electron chi connectivity index (χ4n) is 1.26. The summed E-state index contributed by atoms with van der Waals surface area (Å²) >= 11 is 15.3. The number of halogens is 3. The Kier molecular flexibility index (Phi) is 7.59. The third-order valence-corrected chi connectivity index (χ3v) is 5.61. The van der Waals surface area contributed by atoms with Crippen LogP contribution in [0.15, 0.2) is 22.9 Å². The van der Waals surface area contributed by atoms with E-state index in [4.69, 9.17) is 36.8 Å². The largest absolute Gasteiger partial charge is 0.529 e. The SMILES string of the molecule is CCOP(=O)(O/C=C/c1ccc(Cl)c(Br)c1Cl)OCC. The lowest BCUT2D eigenvalue weighted by atomic mass is 10.2. The predicted octanol–water partition coefficient (Wildman–Crippen LogP) is 5.92. The zero-order valence-electron chi connectivity index (χ0n) is 10.9. The molecule has 0 spiro atoms. The Hall–Kier alpha value is -0.0300. The first kappa shape index (κ1) is 18.0. The van der Waals surface area contributed by atoms with Gasteiger partial charge in [0.05, 0.1) is 34.0 Å². The van der Waals surface area contributed by atoms with E-state index < -0.39 is 7.82 Å². The summed E-state index contributed by atoms with van der Waals surface area (Å²) in [6.45, 7) is 3.84. The van der Waals surface area contributed by atoms with Gasteiger partial charge in [0.1, 0.15) is 0 Å². The van der Waals surface area contributed by atoms with Crippen LogP contribution < -0.4 is 0 Å². The minimum atomic E-state index is -3.56. The van der Waals surface area contributed by atoms with Gasteiger partial charge >= 0.3 is 7.82 Å². The molecule has 8 heteroatoms. The van der Waals surface area contributed by atoms with Crippen LogP contribution in [0, 0.1) is 0 Å². The Morgan fingerprint density at radius 1 is 1.25 bits per heavy atom. The summed E-state index contributed by atoms with van der Waals surface area (Å²) in [4.78, 5) is 0. The van der Waals surface area contributed by atoms with Gasteiger partial charge in [0.25, 0.3) is 0 Å². The van der Waals surface area contributed by atoms with Crippen molar-refractivity contribution in [3.8, 4) is 0 Å². The molecule has 0 radical (unpaired) electrons. The predicted molar refractivity (Wildman–Crippen MR) is 85.1 cm³/mol. The molecule has 4 nitrogen and oxygen atoms in total. The number of phosphoric acid groups is 1. The molecule has 0 amide bonds. The topological polar surface area (TPSA) is 44.8 Å². The molecule has 0 heterocycles. The van der Waals surface area contributed by atoms with Crippen LogP contribution in [0.4, 0.5) is 0 Å². The van der Waals surface area contributed by atoms with E-state index in [2.05, 4.69) is 15.9 Å². The average molecular weight is 404 g/mol. The van der Waals surface area contributed by atoms with Crippen LogP contribution >= 0.6 is 47.0 Å². The summed E-state index contributed by atoms with van der Waals surface area (Å²) in [5.41, 5.74) is 0.655. The van der Waals surface area contributed by atoms with Gasteiger partial charge < -0.3 is 4.52 Å². The van der Waals surface area contributed by atoms with Crippen LogP contribution in [-0.4, -0.2) is 13.2 Å². The molecule has 0 aliphatic heterocycles. The molecule has 0 saturated heterocycles. The van der Waals surface area contributed by atoms with Crippen molar-refractivity contribution in [3.63, 3.8) is 0 Å². The van der Waals surface area contributed by atoms with E-state index in [1.165, 1.54) is 6.26 Å². The second-order valence-electron chi connectivity index (χ2n) is 3.46. The Morgan fingerprint density at radius 2 is 1.85 bits per heavy atom. The minimum absolute atomic E-state index is 0.221. The third-order valence-electron chi connectivity index (χ3n) is 2.08. The van der Waals surface area contributed by atoms with Crippen molar-refractivity contribution in [2.75, 3.05) is 13.2 Å². The fourth-order valence-corrected chi connectivity index (χ4v) is 3.10. The van der Waals surface area contributed by atoms with Crippen LogP contribution in [0.1, 0.15) is 19.4 Å². The Balaban J connectivity index is 2.83. The highest BCUT2D eigenvalue weighted by atomic mass is 79.9. The first-order chi connectivity index (χ1) is 9.43. The number of hydrogen-bond acceptors (Lipinski definition) is 4. The maximum Gasteiger partial charge on any atom is 0.529 e. The Morgan fingerprint density at radius 3 is 2.40 bits per heavy atom. The summed E-state index contributed by atoms with van der Waals surface area (Å²) < 4.78 is 27.6. The van der Waals surface area contributed by atoms with Gasteiger partial charge in [-0.25, -0.2) is 4.57 Å². The molecule has 1 rings (SSSR count). The maximum absolute atomic E-state index is 12.0. The quantitative estimate of drug-likeness (QED) is 0.321. The molecule has 0 bridgehead atoms. The van der Waals surface area contributed by atoms with Crippen molar-refractivity contribution in [3.05, 3.63) is 38.5 Å². The fraction of sp³-hybridized carbons (Fsp3) is 0.333. The lowest BCUT2D eigenvalue weighted by molar-refractivity contribution is 0.154. The van der Waals surface area contributed by atoms with E-state index in [-0.39, 0.29) is 13.2 Å². The number of rotatable bonds is 7. The minimum Gasteiger partial charge on any atom is -0.412 e. The first-order valence-electron chi connectivity index (χ1n) is 5.81. The maximum atomic E-state index is 12.0. The number of hydrogen-bond donors (Lipinski definition) is 0. The smallest absolute Gasteiger partial charge is 0.412 e. The lowest BCUT2D eigenvalue weighted by Crippen LogP contribution is -1.96. The lowest BCUT2D eigenvalue weighted by Gasteiger charge is -2.14. The molecule has 0 atom stereocenters. The van der Waals surface area contributed by atoms with Crippen LogP contribution in [0.5, 0.6) is 0 Å². The molecule has 1 aromatic carbocycles. The molecule has 0 fully saturated rings.